The summed E-state index contributed by atoms with van der Waals surface area (Å²) in [6.45, 7) is 7.45. The molecule has 0 unspecified atom stereocenters. The number of hydrogen-bond acceptors (Lipinski definition) is 6. The smallest absolute Gasteiger partial charge is 0.283 e. The first-order valence-corrected chi connectivity index (χ1v) is 14.6. The van der Waals surface area contributed by atoms with Crippen molar-refractivity contribution in [2.75, 3.05) is 52.6 Å². The van der Waals surface area contributed by atoms with Gasteiger partial charge in [0.2, 0.25) is 10.0 Å². The fourth-order valence-electron chi connectivity index (χ4n) is 4.08. The maximum Gasteiger partial charge on any atom is 0.283 e. The zero-order valence-electron chi connectivity index (χ0n) is 20.1. The second-order valence-corrected chi connectivity index (χ2v) is 12.5. The molecule has 4 rings (SSSR count). The van der Waals surface area contributed by atoms with Crippen LogP contribution >= 0.6 is 0 Å². The minimum absolute atomic E-state index is 0.0444. The number of aryl methyl sites for hydroxylation is 2. The number of benzene rings is 2. The van der Waals surface area contributed by atoms with E-state index >= 15 is 0 Å². The number of hydrogen-bond donors (Lipinski definition) is 0. The van der Waals surface area contributed by atoms with Crippen LogP contribution in [0.5, 0.6) is 0 Å². The molecule has 35 heavy (non-hydrogen) atoms. The molecule has 0 amide bonds. The highest BCUT2D eigenvalue weighted by atomic mass is 32.2. The summed E-state index contributed by atoms with van der Waals surface area (Å²) in [5.41, 5.74) is 1.93. The van der Waals surface area contributed by atoms with Gasteiger partial charge in [-0.2, -0.15) is 12.7 Å². The molecule has 0 radical (unpaired) electrons. The molecule has 2 aromatic carbocycles. The largest absolute Gasteiger partial charge is 0.379 e. The van der Waals surface area contributed by atoms with E-state index in [1.807, 2.05) is 13.8 Å². The third-order valence-electron chi connectivity index (χ3n) is 6.20. The van der Waals surface area contributed by atoms with Crippen LogP contribution in [0.1, 0.15) is 17.5 Å². The number of amidine groups is 1. The number of rotatable bonds is 6. The van der Waals surface area contributed by atoms with Gasteiger partial charge in [-0.1, -0.05) is 35.4 Å². The Morgan fingerprint density at radius 3 is 2.00 bits per heavy atom. The third-order valence-corrected chi connectivity index (χ3v) is 9.37. The quantitative estimate of drug-likeness (QED) is 0.425. The van der Waals surface area contributed by atoms with Crippen molar-refractivity contribution in [1.82, 2.24) is 14.1 Å². The Morgan fingerprint density at radius 2 is 1.40 bits per heavy atom. The number of morpholine rings is 1. The predicted molar refractivity (Wildman–Crippen MR) is 134 cm³/mol. The summed E-state index contributed by atoms with van der Waals surface area (Å²) in [6.07, 6.45) is 0.567. The van der Waals surface area contributed by atoms with Gasteiger partial charge in [-0.25, -0.2) is 8.42 Å². The molecule has 0 N–H and O–H groups in total. The summed E-state index contributed by atoms with van der Waals surface area (Å²) in [4.78, 5) is 4.20. The van der Waals surface area contributed by atoms with E-state index in [2.05, 4.69) is 9.30 Å². The van der Waals surface area contributed by atoms with Gasteiger partial charge in [0, 0.05) is 26.2 Å². The molecule has 2 saturated heterocycles. The van der Waals surface area contributed by atoms with E-state index in [9.17, 15) is 16.8 Å². The lowest BCUT2D eigenvalue weighted by atomic mass is 10.2. The van der Waals surface area contributed by atoms with Gasteiger partial charge in [0.15, 0.2) is 0 Å². The SMILES string of the molecule is Cc1ccc(S(=O)(=O)/N=C(/CN2CCOCC2)N2CCCN(S(=O)(=O)c3ccc(C)cc3)C2)cc1. The Balaban J connectivity index is 1.63. The van der Waals surface area contributed by atoms with Gasteiger partial charge in [0.25, 0.3) is 10.0 Å². The van der Waals surface area contributed by atoms with Crippen LogP contribution in [0.3, 0.4) is 0 Å². The van der Waals surface area contributed by atoms with Crippen LogP contribution in [-0.2, 0) is 24.8 Å². The highest BCUT2D eigenvalue weighted by Crippen LogP contribution is 2.21. The molecule has 2 aromatic rings. The van der Waals surface area contributed by atoms with Gasteiger partial charge < -0.3 is 9.64 Å². The first-order chi connectivity index (χ1) is 16.6. The van der Waals surface area contributed by atoms with Gasteiger partial charge in [0.05, 0.1) is 36.2 Å². The second kappa shape index (κ2) is 10.8. The average Bonchev–Trinajstić information content (AvgIpc) is 2.85. The Kier molecular flexibility index (Phi) is 7.92. The molecule has 0 atom stereocenters. The van der Waals surface area contributed by atoms with E-state index in [1.165, 1.54) is 4.31 Å². The first-order valence-electron chi connectivity index (χ1n) is 11.7. The lowest BCUT2D eigenvalue weighted by Crippen LogP contribution is -2.53. The number of ether oxygens (including phenoxy) is 1. The maximum atomic E-state index is 13.3. The van der Waals surface area contributed by atoms with Crippen molar-refractivity contribution in [3.8, 4) is 0 Å². The highest BCUT2D eigenvalue weighted by Gasteiger charge is 2.32. The number of sulfonamides is 2. The summed E-state index contributed by atoms with van der Waals surface area (Å²) >= 11 is 0. The molecule has 190 valence electrons. The van der Waals surface area contributed by atoms with Crippen molar-refractivity contribution in [2.45, 2.75) is 30.1 Å². The van der Waals surface area contributed by atoms with Crippen LogP contribution in [0.15, 0.2) is 62.7 Å². The zero-order valence-corrected chi connectivity index (χ0v) is 21.8. The van der Waals surface area contributed by atoms with Crippen LogP contribution in [0.25, 0.3) is 0 Å². The molecular formula is C24H32N4O5S2. The molecular weight excluding hydrogens is 488 g/mol. The van der Waals surface area contributed by atoms with Crippen molar-refractivity contribution in [3.05, 3.63) is 59.7 Å². The maximum absolute atomic E-state index is 13.3. The van der Waals surface area contributed by atoms with Crippen molar-refractivity contribution in [3.63, 3.8) is 0 Å². The van der Waals surface area contributed by atoms with Crippen LogP contribution in [0, 0.1) is 13.8 Å². The molecule has 9 nitrogen and oxygen atoms in total. The average molecular weight is 521 g/mol. The van der Waals surface area contributed by atoms with E-state index in [0.29, 0.717) is 58.2 Å². The molecule has 0 aromatic heterocycles. The van der Waals surface area contributed by atoms with Gasteiger partial charge in [-0.3, -0.25) is 4.90 Å². The van der Waals surface area contributed by atoms with E-state index in [0.717, 1.165) is 11.1 Å². The molecule has 0 bridgehead atoms. The molecule has 0 saturated carbocycles. The van der Waals surface area contributed by atoms with E-state index in [1.54, 1.807) is 53.4 Å². The summed E-state index contributed by atoms with van der Waals surface area (Å²) < 4.78 is 64.0. The Hall–Kier alpha value is -2.31. The molecule has 2 heterocycles. The second-order valence-electron chi connectivity index (χ2n) is 8.94. The Bertz CT molecular complexity index is 1250. The van der Waals surface area contributed by atoms with Gasteiger partial charge in [-0.15, -0.1) is 4.40 Å². The van der Waals surface area contributed by atoms with Crippen molar-refractivity contribution < 1.29 is 21.6 Å². The van der Waals surface area contributed by atoms with E-state index in [4.69, 9.17) is 4.74 Å². The van der Waals surface area contributed by atoms with Crippen molar-refractivity contribution >= 4 is 25.9 Å². The standard InChI is InChI=1S/C24H32N4O5S2/c1-20-4-8-22(9-5-20)34(29,30)25-24(18-26-14-16-33-17-15-26)27-12-3-13-28(19-27)35(31,32)23-10-6-21(2)7-11-23/h4-11H,3,12-19H2,1-2H3/b25-24-. The molecule has 11 heteroatoms. The molecule has 2 aliphatic rings. The molecule has 2 fully saturated rings. The Morgan fingerprint density at radius 1 is 0.829 bits per heavy atom. The fraction of sp³-hybridized carbons (Fsp3) is 0.458. The molecule has 2 aliphatic heterocycles. The van der Waals surface area contributed by atoms with Crippen LogP contribution in [-0.4, -0.2) is 89.4 Å². The van der Waals surface area contributed by atoms with Gasteiger partial charge in [0.1, 0.15) is 5.84 Å². The van der Waals surface area contributed by atoms with Gasteiger partial charge >= 0.3 is 0 Å². The van der Waals surface area contributed by atoms with E-state index in [-0.39, 0.29) is 16.5 Å². The molecule has 0 aliphatic carbocycles. The zero-order chi connectivity index (χ0) is 25.1. The lowest BCUT2D eigenvalue weighted by molar-refractivity contribution is 0.0436. The van der Waals surface area contributed by atoms with Crippen LogP contribution < -0.4 is 0 Å². The Labute approximate surface area is 208 Å². The highest BCUT2D eigenvalue weighted by molar-refractivity contribution is 7.90. The minimum Gasteiger partial charge on any atom is -0.379 e. The summed E-state index contributed by atoms with van der Waals surface area (Å²) in [7, 11) is -7.69. The van der Waals surface area contributed by atoms with Gasteiger partial charge in [-0.05, 0) is 44.5 Å². The lowest BCUT2D eigenvalue weighted by Gasteiger charge is -2.38. The van der Waals surface area contributed by atoms with Crippen LogP contribution in [0.4, 0.5) is 0 Å². The third kappa shape index (κ3) is 6.28. The minimum atomic E-state index is -3.97. The molecule has 0 spiro atoms. The normalized spacial score (nSPS) is 19.1. The topological polar surface area (TPSA) is 99.6 Å². The first kappa shape index (κ1) is 25.8. The summed E-state index contributed by atoms with van der Waals surface area (Å²) in [6, 6.07) is 13.3. The fourth-order valence-corrected chi connectivity index (χ4v) is 6.56. The monoisotopic (exact) mass is 520 g/mol. The summed E-state index contributed by atoms with van der Waals surface area (Å²) in [5.74, 6) is 0.344. The van der Waals surface area contributed by atoms with E-state index < -0.39 is 20.0 Å². The number of nitrogens with zero attached hydrogens (tertiary/aromatic N) is 4. The predicted octanol–water partition coefficient (Wildman–Crippen LogP) is 2.08. The summed E-state index contributed by atoms with van der Waals surface area (Å²) in [5, 5.41) is 0. The van der Waals surface area contributed by atoms with Crippen molar-refractivity contribution in [2.24, 2.45) is 4.40 Å². The van der Waals surface area contributed by atoms with Crippen LogP contribution in [0.2, 0.25) is 0 Å². The van der Waals surface area contributed by atoms with Crippen molar-refractivity contribution in [1.29, 1.82) is 0 Å².